The third-order valence-electron chi connectivity index (χ3n) is 3.01. The van der Waals surface area contributed by atoms with Gasteiger partial charge in [0.2, 0.25) is 0 Å². The summed E-state index contributed by atoms with van der Waals surface area (Å²) in [4.78, 5) is 3.05. The first kappa shape index (κ1) is 20.9. The van der Waals surface area contributed by atoms with Gasteiger partial charge in [0, 0.05) is 35.9 Å². The van der Waals surface area contributed by atoms with E-state index in [1.54, 1.807) is 0 Å². The Hall–Kier alpha value is -1.11. The van der Waals surface area contributed by atoms with Gasteiger partial charge >= 0.3 is 6.67 Å². The molecule has 1 N–H and O–H groups in total. The summed E-state index contributed by atoms with van der Waals surface area (Å²) in [5.74, 6) is 0. The van der Waals surface area contributed by atoms with Crippen LogP contribution in [-0.4, -0.2) is 0 Å². The molecule has 0 aliphatic rings. The summed E-state index contributed by atoms with van der Waals surface area (Å²) in [6.45, 7) is 0.813. The smallest absolute Gasteiger partial charge is 0.343 e. The molecule has 3 aromatic heterocycles. The van der Waals surface area contributed by atoms with Crippen LogP contribution >= 0.6 is 0 Å². The molecule has 0 spiro atoms. The molecule has 0 atom stereocenters. The predicted molar refractivity (Wildman–Crippen MR) is 70.7 cm³/mol. The summed E-state index contributed by atoms with van der Waals surface area (Å²) in [6, 6.07) is 14.5. The van der Waals surface area contributed by atoms with E-state index in [-0.39, 0.29) is 50.9 Å². The van der Waals surface area contributed by atoms with Crippen LogP contribution in [0.1, 0.15) is 0 Å². The molecule has 22 heavy (non-hydrogen) atoms. The zero-order valence-electron chi connectivity index (χ0n) is 11.7. The highest BCUT2D eigenvalue weighted by atomic mass is 79.9. The van der Waals surface area contributed by atoms with Crippen molar-refractivity contribution in [3.05, 3.63) is 79.6 Å². The Labute approximate surface area is 162 Å². The highest BCUT2D eigenvalue weighted by molar-refractivity contribution is 5.60. The number of halogens is 3. The van der Waals surface area contributed by atoms with E-state index >= 15 is 0 Å². The Morgan fingerprint density at radius 1 is 0.682 bits per heavy atom. The van der Waals surface area contributed by atoms with Crippen molar-refractivity contribution in [1.29, 1.82) is 0 Å². The summed E-state index contributed by atoms with van der Waals surface area (Å²) in [5.41, 5.74) is 2.43. The minimum Gasteiger partial charge on any atom is -1.00 e. The van der Waals surface area contributed by atoms with Crippen molar-refractivity contribution in [2.45, 2.75) is 6.67 Å². The van der Waals surface area contributed by atoms with Gasteiger partial charge in [-0.05, 0) is 11.6 Å². The molecule has 3 heterocycles. The molecule has 0 saturated heterocycles. The number of rotatable bonds is 3. The van der Waals surface area contributed by atoms with Crippen LogP contribution in [0.4, 0.5) is 0 Å². The van der Waals surface area contributed by atoms with E-state index < -0.39 is 0 Å². The largest absolute Gasteiger partial charge is 1.00 e. The van der Waals surface area contributed by atoms with Gasteiger partial charge in [0.15, 0.2) is 37.2 Å². The topological polar surface area (TPSA) is 21.9 Å². The fourth-order valence-electron chi connectivity index (χ4n) is 2.08. The second-order valence-electron chi connectivity index (χ2n) is 4.43. The molecule has 3 rings (SSSR count). The van der Waals surface area contributed by atoms with Gasteiger partial charge in [0.1, 0.15) is 0 Å². The average Bonchev–Trinajstić information content (AvgIpc) is 2.49. The predicted octanol–water partition coefficient (Wildman–Crippen LogP) is -7.74. The van der Waals surface area contributed by atoms with Gasteiger partial charge < -0.3 is 50.9 Å². The number of hydrogen-bond donors (Lipinski definition) is 0. The number of hydrogen-bond acceptors (Lipinski definition) is 0. The van der Waals surface area contributed by atoms with Crippen LogP contribution in [0.5, 0.6) is 0 Å². The van der Waals surface area contributed by atoms with Crippen molar-refractivity contribution in [2.75, 3.05) is 0 Å². The van der Waals surface area contributed by atoms with Gasteiger partial charge in [0.25, 0.3) is 0 Å². The third-order valence-corrected chi connectivity index (χ3v) is 3.01. The van der Waals surface area contributed by atoms with Crippen LogP contribution in [0, 0.1) is 0 Å². The first-order valence-corrected chi connectivity index (χ1v) is 6.31. The maximum atomic E-state index is 3.05. The lowest BCUT2D eigenvalue weighted by molar-refractivity contribution is -0.913. The SMILES string of the molecule is [Br-].[Br-].[Br-].c1cc[n+](C[n+]2cccc(-c3cc[nH+]cc3)c2)cc1. The van der Waals surface area contributed by atoms with E-state index in [0.717, 1.165) is 6.67 Å². The Kier molecular flexibility index (Phi) is 10.1. The van der Waals surface area contributed by atoms with E-state index in [9.17, 15) is 0 Å². The quantitative estimate of drug-likeness (QED) is 0.326. The zero-order chi connectivity index (χ0) is 12.9. The van der Waals surface area contributed by atoms with E-state index in [0.29, 0.717) is 0 Å². The molecule has 116 valence electrons. The molecule has 0 bridgehead atoms. The minimum atomic E-state index is 0. The van der Waals surface area contributed by atoms with Crippen molar-refractivity contribution in [1.82, 2.24) is 0 Å². The molecule has 6 heteroatoms. The van der Waals surface area contributed by atoms with Gasteiger partial charge in [-0.3, -0.25) is 0 Å². The summed E-state index contributed by atoms with van der Waals surface area (Å²) in [5, 5.41) is 0. The molecule has 0 aromatic carbocycles. The maximum absolute atomic E-state index is 3.05. The summed E-state index contributed by atoms with van der Waals surface area (Å²) < 4.78 is 4.31. The first-order chi connectivity index (χ1) is 9.42. The van der Waals surface area contributed by atoms with Gasteiger partial charge in [-0.1, -0.05) is 6.07 Å². The zero-order valence-corrected chi connectivity index (χ0v) is 16.5. The van der Waals surface area contributed by atoms with Gasteiger partial charge in [0.05, 0.1) is 0 Å². The van der Waals surface area contributed by atoms with Crippen molar-refractivity contribution in [3.63, 3.8) is 0 Å². The Bertz CT molecular complexity index is 664. The molecule has 0 saturated carbocycles. The molecule has 0 unspecified atom stereocenters. The molecule has 0 fully saturated rings. The van der Waals surface area contributed by atoms with Crippen molar-refractivity contribution < 1.29 is 65.1 Å². The standard InChI is InChI=1S/C16H15N3.3BrH/c1-2-10-18(11-3-1)14-19-12-4-5-16(13-19)15-6-8-17-9-7-15;;;/h1-13H,14H2;3*1H/q+2;;;/p-2. The number of aromatic nitrogens is 3. The fourth-order valence-corrected chi connectivity index (χ4v) is 2.08. The fraction of sp³-hybridized carbons (Fsp3) is 0.0625. The lowest BCUT2D eigenvalue weighted by Gasteiger charge is -1.98. The third kappa shape index (κ3) is 5.59. The molecule has 3 nitrogen and oxygen atoms in total. The molecule has 0 amide bonds. The molecular formula is C16H16Br3N3. The van der Waals surface area contributed by atoms with E-state index in [1.165, 1.54) is 11.1 Å². The second kappa shape index (κ2) is 10.6. The number of nitrogens with one attached hydrogen (secondary N) is 1. The number of nitrogens with zero attached hydrogens (tertiary/aromatic N) is 2. The van der Waals surface area contributed by atoms with Gasteiger partial charge in [-0.25, -0.2) is 4.98 Å². The Balaban J connectivity index is 0.00000147. The summed E-state index contributed by atoms with van der Waals surface area (Å²) in [6.07, 6.45) is 12.3. The van der Waals surface area contributed by atoms with E-state index in [4.69, 9.17) is 0 Å². The monoisotopic (exact) mass is 487 g/mol. The van der Waals surface area contributed by atoms with Crippen LogP contribution in [0.15, 0.2) is 79.6 Å². The Morgan fingerprint density at radius 3 is 2.00 bits per heavy atom. The van der Waals surface area contributed by atoms with Crippen LogP contribution < -0.4 is 65.1 Å². The number of aromatic amines is 1. The molecule has 0 aliphatic heterocycles. The lowest BCUT2D eigenvalue weighted by atomic mass is 10.1. The molecular weight excluding hydrogens is 474 g/mol. The average molecular weight is 490 g/mol. The van der Waals surface area contributed by atoms with Crippen molar-refractivity contribution in [3.8, 4) is 11.1 Å². The van der Waals surface area contributed by atoms with Crippen LogP contribution in [0.3, 0.4) is 0 Å². The lowest BCUT2D eigenvalue weighted by Crippen LogP contribution is -3.00. The summed E-state index contributed by atoms with van der Waals surface area (Å²) in [7, 11) is 0. The molecule has 0 radical (unpaired) electrons. The highest BCUT2D eigenvalue weighted by Crippen LogP contribution is 2.14. The van der Waals surface area contributed by atoms with Crippen molar-refractivity contribution in [2.24, 2.45) is 0 Å². The van der Waals surface area contributed by atoms with Crippen LogP contribution in [0.25, 0.3) is 11.1 Å². The van der Waals surface area contributed by atoms with Gasteiger partial charge in [-0.2, -0.15) is 0 Å². The van der Waals surface area contributed by atoms with Gasteiger partial charge in [-0.15, -0.1) is 9.13 Å². The highest BCUT2D eigenvalue weighted by Gasteiger charge is 2.09. The molecule has 0 aliphatic carbocycles. The number of H-pyrrole nitrogens is 1. The maximum Gasteiger partial charge on any atom is 0.343 e. The van der Waals surface area contributed by atoms with Crippen LogP contribution in [-0.2, 0) is 6.67 Å². The summed E-state index contributed by atoms with van der Waals surface area (Å²) >= 11 is 0. The van der Waals surface area contributed by atoms with Crippen LogP contribution in [0.2, 0.25) is 0 Å². The van der Waals surface area contributed by atoms with E-state index in [2.05, 4.69) is 63.2 Å². The second-order valence-corrected chi connectivity index (χ2v) is 4.43. The number of pyridine rings is 3. The first-order valence-electron chi connectivity index (χ1n) is 6.31. The Morgan fingerprint density at radius 2 is 1.32 bits per heavy atom. The van der Waals surface area contributed by atoms with E-state index in [1.807, 2.05) is 30.6 Å². The normalized spacial score (nSPS) is 8.91. The minimum absolute atomic E-state index is 0. The van der Waals surface area contributed by atoms with Crippen molar-refractivity contribution >= 4 is 0 Å². The molecule has 3 aromatic rings.